The molecule has 270 valence electrons. The summed E-state index contributed by atoms with van der Waals surface area (Å²) in [4.78, 5) is 28.2. The molecule has 0 unspecified atom stereocenters. The fourth-order valence-electron chi connectivity index (χ4n) is 5.67. The van der Waals surface area contributed by atoms with Crippen LogP contribution in [0.1, 0.15) is 60.8 Å². The van der Waals surface area contributed by atoms with Gasteiger partial charge in [-0.25, -0.2) is 9.97 Å². The van der Waals surface area contributed by atoms with Crippen molar-refractivity contribution < 1.29 is 31.1 Å². The lowest BCUT2D eigenvalue weighted by Crippen LogP contribution is -2.40. The third-order valence-electron chi connectivity index (χ3n) is 8.32. The van der Waals surface area contributed by atoms with E-state index in [0.29, 0.717) is 22.3 Å². The number of carbonyl (C=O) groups excluding carboxylic acids is 1. The van der Waals surface area contributed by atoms with Crippen LogP contribution in [-0.2, 0) is 26.3 Å². The van der Waals surface area contributed by atoms with Crippen LogP contribution in [0.5, 0.6) is 0 Å². The number of carbonyl (C=O) groups is 1. The highest BCUT2D eigenvalue weighted by Crippen LogP contribution is 2.38. The number of imidazole rings is 1. The first-order chi connectivity index (χ1) is 23.3. The summed E-state index contributed by atoms with van der Waals surface area (Å²) in [6.45, 7) is 6.86. The number of alkyl halides is 6. The Morgan fingerprint density at radius 2 is 1.70 bits per heavy atom. The predicted octanol–water partition coefficient (Wildman–Crippen LogP) is 8.28. The molecule has 1 aromatic carbocycles. The largest absolute Gasteiger partial charge is 0.418 e. The van der Waals surface area contributed by atoms with Gasteiger partial charge >= 0.3 is 12.4 Å². The molecule has 3 aromatic heterocycles. The van der Waals surface area contributed by atoms with Crippen LogP contribution in [0.15, 0.2) is 36.5 Å². The molecule has 5 rings (SSSR count). The highest BCUT2D eigenvalue weighted by Gasteiger charge is 2.42. The molecule has 0 saturated carbocycles. The topological polar surface area (TPSA) is 100 Å². The number of hydrogen-bond donors (Lipinski definition) is 3. The fraction of sp³-hybridized carbons (Fsp3) is 0.455. The van der Waals surface area contributed by atoms with E-state index >= 15 is 0 Å². The number of pyridine rings is 2. The molecule has 1 saturated heterocycles. The van der Waals surface area contributed by atoms with E-state index in [9.17, 15) is 31.1 Å². The van der Waals surface area contributed by atoms with Gasteiger partial charge in [0.25, 0.3) is 5.91 Å². The quantitative estimate of drug-likeness (QED) is 0.148. The lowest BCUT2D eigenvalue weighted by atomic mass is 9.96. The molecule has 4 heterocycles. The third-order valence-corrected chi connectivity index (χ3v) is 9.06. The van der Waals surface area contributed by atoms with Gasteiger partial charge < -0.3 is 20.9 Å². The molecular formula is C33H36Cl2F6N8O. The zero-order valence-electron chi connectivity index (χ0n) is 27.7. The van der Waals surface area contributed by atoms with E-state index in [0.717, 1.165) is 24.2 Å². The Bertz CT molecular complexity index is 1860. The number of fused-ring (bicyclic) bond motifs is 1. The van der Waals surface area contributed by atoms with Gasteiger partial charge in [0.2, 0.25) is 5.95 Å². The maximum absolute atomic E-state index is 13.6. The van der Waals surface area contributed by atoms with Crippen LogP contribution in [-0.4, -0.2) is 51.2 Å². The number of hydrogen-bond acceptors (Lipinski definition) is 7. The summed E-state index contributed by atoms with van der Waals surface area (Å²) in [6.07, 6.45) is -8.33. The highest BCUT2D eigenvalue weighted by molar-refractivity contribution is 6.39. The second-order valence-electron chi connectivity index (χ2n) is 13.4. The summed E-state index contributed by atoms with van der Waals surface area (Å²) in [7, 11) is 1.65. The fourth-order valence-corrected chi connectivity index (χ4v) is 6.20. The smallest absolute Gasteiger partial charge is 0.356 e. The van der Waals surface area contributed by atoms with Crippen LogP contribution in [0.3, 0.4) is 0 Å². The molecular weight excluding hydrogens is 709 g/mol. The zero-order chi connectivity index (χ0) is 36.6. The van der Waals surface area contributed by atoms with Gasteiger partial charge in [0, 0.05) is 39.4 Å². The standard InChI is InChI=1S/C33H36Cl2F6N8O/c1-31(2,3)17-42-15-18-7-8-22(34)26(25(18)35)46-30-45-23-14-20(29(50)44-16-24-21(33(39,40)41)6-5-11-43-24)27(47-28(23)48(30)4)49-12-9-19(10-13-49)32(36,37)38/h5-8,11,14,19,42H,9-10,12-13,15-17H2,1-4H3,(H,44,50)(H,45,46). The van der Waals surface area contributed by atoms with Crippen molar-refractivity contribution in [3.05, 3.63) is 69.0 Å². The first kappa shape index (κ1) is 37.4. The third kappa shape index (κ3) is 8.55. The van der Waals surface area contributed by atoms with Crippen molar-refractivity contribution in [2.45, 2.75) is 59.1 Å². The Kier molecular flexibility index (Phi) is 10.8. The normalized spacial score (nSPS) is 14.8. The molecule has 0 atom stereocenters. The highest BCUT2D eigenvalue weighted by atomic mass is 35.5. The van der Waals surface area contributed by atoms with Crippen LogP contribution in [0.25, 0.3) is 11.2 Å². The maximum atomic E-state index is 13.6. The summed E-state index contributed by atoms with van der Waals surface area (Å²) in [6, 6.07) is 6.91. The van der Waals surface area contributed by atoms with Gasteiger partial charge in [0.15, 0.2) is 5.65 Å². The second kappa shape index (κ2) is 14.4. The summed E-state index contributed by atoms with van der Waals surface area (Å²) in [5.41, 5.74) is 0.260. The molecule has 3 N–H and O–H groups in total. The molecule has 4 aromatic rings. The molecule has 17 heteroatoms. The van der Waals surface area contributed by atoms with Crippen molar-refractivity contribution in [3.63, 3.8) is 0 Å². The average molecular weight is 746 g/mol. The molecule has 0 spiro atoms. The summed E-state index contributed by atoms with van der Waals surface area (Å²) < 4.78 is 82.7. The van der Waals surface area contributed by atoms with Crippen LogP contribution in [0.4, 0.5) is 43.8 Å². The first-order valence-corrected chi connectivity index (χ1v) is 16.5. The molecule has 1 amide bonds. The van der Waals surface area contributed by atoms with E-state index in [1.54, 1.807) is 22.6 Å². The molecule has 1 aliphatic rings. The van der Waals surface area contributed by atoms with Gasteiger partial charge in [0.05, 0.1) is 45.0 Å². The van der Waals surface area contributed by atoms with E-state index < -0.39 is 42.0 Å². The SMILES string of the molecule is Cn1c(Nc2c(Cl)ccc(CNCC(C)(C)C)c2Cl)nc2cc(C(=O)NCc3ncccc3C(F)(F)F)c(N3CCC(C(F)(F)F)CC3)nc21. The van der Waals surface area contributed by atoms with Gasteiger partial charge in [-0.05, 0) is 48.1 Å². The van der Waals surface area contributed by atoms with Crippen molar-refractivity contribution in [3.8, 4) is 0 Å². The number of nitrogens with one attached hydrogen (secondary N) is 3. The van der Waals surface area contributed by atoms with Crippen molar-refractivity contribution >= 4 is 57.7 Å². The second-order valence-corrected chi connectivity index (χ2v) is 14.1. The Hall–Kier alpha value is -3.82. The number of nitrogens with zero attached hydrogens (tertiary/aromatic N) is 5. The number of rotatable bonds is 9. The van der Waals surface area contributed by atoms with Crippen LogP contribution in [0.2, 0.25) is 10.0 Å². The Labute approximate surface area is 294 Å². The van der Waals surface area contributed by atoms with Gasteiger partial charge in [0.1, 0.15) is 11.3 Å². The maximum Gasteiger partial charge on any atom is 0.418 e. The Balaban J connectivity index is 1.49. The minimum Gasteiger partial charge on any atom is -0.356 e. The van der Waals surface area contributed by atoms with E-state index in [-0.39, 0.29) is 59.8 Å². The Morgan fingerprint density at radius 1 is 1.00 bits per heavy atom. The lowest BCUT2D eigenvalue weighted by molar-refractivity contribution is -0.179. The van der Waals surface area contributed by atoms with E-state index in [4.69, 9.17) is 23.2 Å². The van der Waals surface area contributed by atoms with Crippen LogP contribution >= 0.6 is 23.2 Å². The van der Waals surface area contributed by atoms with Crippen molar-refractivity contribution in [2.75, 3.05) is 29.9 Å². The summed E-state index contributed by atoms with van der Waals surface area (Å²) in [5, 5.41) is 9.67. The Morgan fingerprint density at radius 3 is 2.34 bits per heavy atom. The molecule has 0 bridgehead atoms. The number of piperidine rings is 1. The molecule has 9 nitrogen and oxygen atoms in total. The number of aromatic nitrogens is 4. The summed E-state index contributed by atoms with van der Waals surface area (Å²) in [5.74, 6) is -1.98. The van der Waals surface area contributed by atoms with Crippen molar-refractivity contribution in [1.29, 1.82) is 0 Å². The van der Waals surface area contributed by atoms with Gasteiger partial charge in [-0.3, -0.25) is 14.3 Å². The van der Waals surface area contributed by atoms with Crippen LogP contribution < -0.4 is 20.9 Å². The molecule has 0 aliphatic carbocycles. The van der Waals surface area contributed by atoms with Gasteiger partial charge in [-0.2, -0.15) is 26.3 Å². The van der Waals surface area contributed by atoms with Gasteiger partial charge in [-0.15, -0.1) is 0 Å². The minimum atomic E-state index is -4.70. The number of benzene rings is 1. The lowest BCUT2D eigenvalue weighted by Gasteiger charge is -2.34. The van der Waals surface area contributed by atoms with E-state index in [1.807, 2.05) is 6.07 Å². The van der Waals surface area contributed by atoms with Crippen LogP contribution in [0, 0.1) is 11.3 Å². The monoisotopic (exact) mass is 744 g/mol. The van der Waals surface area contributed by atoms with E-state index in [2.05, 4.69) is 51.7 Å². The first-order valence-electron chi connectivity index (χ1n) is 15.8. The molecule has 0 radical (unpaired) electrons. The number of amides is 1. The van der Waals surface area contributed by atoms with Crippen molar-refractivity contribution in [2.24, 2.45) is 18.4 Å². The number of halogens is 8. The predicted molar refractivity (Wildman–Crippen MR) is 181 cm³/mol. The summed E-state index contributed by atoms with van der Waals surface area (Å²) >= 11 is 13.3. The molecule has 1 fully saturated rings. The zero-order valence-corrected chi connectivity index (χ0v) is 29.2. The number of aryl methyl sites for hydroxylation is 1. The minimum absolute atomic E-state index is 0.0489. The van der Waals surface area contributed by atoms with E-state index in [1.165, 1.54) is 12.3 Å². The number of anilines is 3. The average Bonchev–Trinajstić information content (AvgIpc) is 3.34. The molecule has 1 aliphatic heterocycles. The van der Waals surface area contributed by atoms with Crippen molar-refractivity contribution in [1.82, 2.24) is 30.2 Å². The molecule has 50 heavy (non-hydrogen) atoms. The van der Waals surface area contributed by atoms with Gasteiger partial charge in [-0.1, -0.05) is 50.0 Å².